The van der Waals surface area contributed by atoms with Crippen molar-refractivity contribution in [3.8, 4) is 22.6 Å². The molecule has 2 aromatic carbocycles. The van der Waals surface area contributed by atoms with Crippen LogP contribution in [0.2, 0.25) is 10.2 Å². The van der Waals surface area contributed by atoms with Crippen molar-refractivity contribution in [3.63, 3.8) is 0 Å². The Morgan fingerprint density at radius 2 is 1.88 bits per heavy atom. The topological polar surface area (TPSA) is 157 Å². The molecule has 15 heteroatoms. The van der Waals surface area contributed by atoms with Crippen molar-refractivity contribution in [1.29, 1.82) is 0 Å². The van der Waals surface area contributed by atoms with Gasteiger partial charge >= 0.3 is 6.09 Å². The molecule has 3 amide bonds. The minimum atomic E-state index is -0.584. The summed E-state index contributed by atoms with van der Waals surface area (Å²) in [5.41, 5.74) is 3.09. The van der Waals surface area contributed by atoms with Gasteiger partial charge in [-0.05, 0) is 83.6 Å². The largest absolute Gasteiger partial charge is 0.412 e. The number of piperidine rings is 1. The lowest BCUT2D eigenvalue weighted by Gasteiger charge is -2.35. The maximum absolute atomic E-state index is 13.5. The quantitative estimate of drug-likeness (QED) is 0.211. The summed E-state index contributed by atoms with van der Waals surface area (Å²) in [5, 5.41) is 26.1. The van der Waals surface area contributed by atoms with E-state index in [2.05, 4.69) is 36.4 Å². The van der Waals surface area contributed by atoms with Crippen LogP contribution in [0.4, 0.5) is 4.79 Å². The van der Waals surface area contributed by atoms with Gasteiger partial charge in [0.05, 0.1) is 17.4 Å². The molecular formula is C33H35Cl2N9O4. The Hall–Kier alpha value is -4.88. The number of ether oxygens (including phenoxy) is 1. The minimum Gasteiger partial charge on any atom is -0.410 e. The Balaban J connectivity index is 1.42. The van der Waals surface area contributed by atoms with Crippen LogP contribution in [0, 0.1) is 11.8 Å². The molecule has 0 radical (unpaired) electrons. The highest BCUT2D eigenvalue weighted by Gasteiger charge is 2.29. The second-order valence-electron chi connectivity index (χ2n) is 11.7. The van der Waals surface area contributed by atoms with Gasteiger partial charge in [-0.2, -0.15) is 9.78 Å². The van der Waals surface area contributed by atoms with Gasteiger partial charge in [-0.3, -0.25) is 9.59 Å². The van der Waals surface area contributed by atoms with Crippen LogP contribution in [0.25, 0.3) is 22.9 Å². The number of benzene rings is 2. The van der Waals surface area contributed by atoms with E-state index in [4.69, 9.17) is 27.9 Å². The molecule has 1 aliphatic heterocycles. The molecule has 2 aromatic heterocycles. The predicted octanol–water partition coefficient (Wildman–Crippen LogP) is 5.30. The SMILES string of the molecule is CNC(=O)Oc1ccc(-c2cc([C@H](CC3CCCN(C(=O)C(C)C)C3)NC(=O)C=Cc3cc(Cl)ccc3-n3cnnn3)nnc2Cl)cc1. The van der Waals surface area contributed by atoms with Crippen LogP contribution in [0.1, 0.15) is 50.4 Å². The van der Waals surface area contributed by atoms with E-state index in [1.807, 2.05) is 18.7 Å². The van der Waals surface area contributed by atoms with Gasteiger partial charge in [-0.25, -0.2) is 4.79 Å². The number of carbonyl (C=O) groups is 3. The zero-order valence-electron chi connectivity index (χ0n) is 26.6. The molecule has 4 aromatic rings. The molecule has 1 aliphatic rings. The number of carbonyl (C=O) groups excluding carboxylic acids is 3. The lowest BCUT2D eigenvalue weighted by atomic mass is 9.89. The van der Waals surface area contributed by atoms with Crippen LogP contribution < -0.4 is 15.4 Å². The maximum Gasteiger partial charge on any atom is 0.412 e. The van der Waals surface area contributed by atoms with Crippen LogP contribution in [-0.2, 0) is 9.59 Å². The van der Waals surface area contributed by atoms with E-state index >= 15 is 0 Å². The molecular weight excluding hydrogens is 657 g/mol. The molecule has 0 aliphatic carbocycles. The van der Waals surface area contributed by atoms with Gasteiger partial charge in [0.25, 0.3) is 0 Å². The summed E-state index contributed by atoms with van der Waals surface area (Å²) in [6.07, 6.45) is 6.19. The number of hydrogen-bond donors (Lipinski definition) is 2. The number of halogens is 2. The molecule has 2 atom stereocenters. The van der Waals surface area contributed by atoms with E-state index in [1.54, 1.807) is 54.6 Å². The first kappa shape index (κ1) is 34.5. The number of hydrogen-bond acceptors (Lipinski definition) is 9. The summed E-state index contributed by atoms with van der Waals surface area (Å²) in [7, 11) is 1.48. The monoisotopic (exact) mass is 691 g/mol. The number of aromatic nitrogens is 6. The summed E-state index contributed by atoms with van der Waals surface area (Å²) >= 11 is 12.8. The van der Waals surface area contributed by atoms with Crippen LogP contribution in [0.3, 0.4) is 0 Å². The van der Waals surface area contributed by atoms with Gasteiger partial charge in [0.1, 0.15) is 12.1 Å². The Kier molecular flexibility index (Phi) is 11.3. The van der Waals surface area contributed by atoms with Crippen molar-refractivity contribution in [2.45, 2.75) is 39.2 Å². The van der Waals surface area contributed by atoms with Gasteiger partial charge in [-0.15, -0.1) is 10.2 Å². The third kappa shape index (κ3) is 8.72. The summed E-state index contributed by atoms with van der Waals surface area (Å²) in [4.78, 5) is 39.8. The van der Waals surface area contributed by atoms with Crippen LogP contribution in [0.15, 0.2) is 60.9 Å². The van der Waals surface area contributed by atoms with Gasteiger partial charge in [-0.1, -0.05) is 49.2 Å². The van der Waals surface area contributed by atoms with Gasteiger partial charge in [0.15, 0.2) is 5.15 Å². The number of likely N-dealkylation sites (tertiary alicyclic amines) is 1. The number of amides is 3. The van der Waals surface area contributed by atoms with Gasteiger partial charge < -0.3 is 20.3 Å². The third-order valence-electron chi connectivity index (χ3n) is 7.91. The molecule has 2 N–H and O–H groups in total. The third-order valence-corrected chi connectivity index (χ3v) is 8.43. The van der Waals surface area contributed by atoms with Crippen molar-refractivity contribution in [1.82, 2.24) is 45.9 Å². The van der Waals surface area contributed by atoms with Crippen LogP contribution in [0.5, 0.6) is 5.75 Å². The number of nitrogens with zero attached hydrogens (tertiary/aromatic N) is 7. The Labute approximate surface area is 287 Å². The Morgan fingerprint density at radius 3 is 2.58 bits per heavy atom. The van der Waals surface area contributed by atoms with Crippen molar-refractivity contribution in [2.24, 2.45) is 11.8 Å². The Morgan fingerprint density at radius 1 is 1.08 bits per heavy atom. The molecule has 13 nitrogen and oxygen atoms in total. The van der Waals surface area contributed by atoms with E-state index < -0.39 is 12.1 Å². The first-order valence-corrected chi connectivity index (χ1v) is 16.2. The first-order chi connectivity index (χ1) is 23.1. The smallest absolute Gasteiger partial charge is 0.410 e. The fraction of sp³-hybridized carbons (Fsp3) is 0.333. The second-order valence-corrected chi connectivity index (χ2v) is 12.5. The van der Waals surface area contributed by atoms with Crippen LogP contribution in [-0.4, -0.2) is 73.3 Å². The van der Waals surface area contributed by atoms with Crippen molar-refractivity contribution in [2.75, 3.05) is 20.1 Å². The number of tetrazole rings is 1. The molecule has 0 saturated carbocycles. The van der Waals surface area contributed by atoms with E-state index in [0.29, 0.717) is 58.4 Å². The highest BCUT2D eigenvalue weighted by Crippen LogP contribution is 2.33. The highest BCUT2D eigenvalue weighted by atomic mass is 35.5. The second kappa shape index (κ2) is 15.8. The minimum absolute atomic E-state index is 0.105. The van der Waals surface area contributed by atoms with E-state index in [1.165, 1.54) is 24.1 Å². The summed E-state index contributed by atoms with van der Waals surface area (Å²) in [6.45, 7) is 5.08. The van der Waals surface area contributed by atoms with E-state index in [9.17, 15) is 14.4 Å². The summed E-state index contributed by atoms with van der Waals surface area (Å²) in [6, 6.07) is 13.2. The van der Waals surface area contributed by atoms with E-state index in [-0.39, 0.29) is 28.8 Å². The number of rotatable bonds is 10. The van der Waals surface area contributed by atoms with Crippen molar-refractivity contribution in [3.05, 3.63) is 82.4 Å². The molecule has 1 unspecified atom stereocenters. The summed E-state index contributed by atoms with van der Waals surface area (Å²) < 4.78 is 6.67. The first-order valence-electron chi connectivity index (χ1n) is 15.4. The molecule has 250 valence electrons. The number of nitrogens with one attached hydrogen (secondary N) is 2. The zero-order chi connectivity index (χ0) is 34.2. The zero-order valence-corrected chi connectivity index (χ0v) is 28.1. The lowest BCUT2D eigenvalue weighted by molar-refractivity contribution is -0.136. The van der Waals surface area contributed by atoms with Gasteiger partial charge in [0.2, 0.25) is 11.8 Å². The molecule has 5 rings (SSSR count). The average Bonchev–Trinajstić information content (AvgIpc) is 3.62. The van der Waals surface area contributed by atoms with Gasteiger partial charge in [0, 0.05) is 48.3 Å². The van der Waals surface area contributed by atoms with Crippen molar-refractivity contribution < 1.29 is 19.1 Å². The highest BCUT2D eigenvalue weighted by molar-refractivity contribution is 6.32. The molecule has 1 fully saturated rings. The summed E-state index contributed by atoms with van der Waals surface area (Å²) in [5.74, 6) is 0.0984. The molecule has 48 heavy (non-hydrogen) atoms. The standard InChI is InChI=1S/C33H35Cl2N9O4/c1-20(2)32(46)43-14-4-5-21(18-43)15-27(38-30(45)13-8-23-16-24(34)9-12-29(23)44-19-37-41-42-44)28-17-26(31(35)40-39-28)22-6-10-25(11-7-22)48-33(47)36-3/h6-13,16-17,19-21,27H,4-5,14-15,18H2,1-3H3,(H,36,47)(H,38,45)/t21?,27-/m0/s1. The predicted molar refractivity (Wildman–Crippen MR) is 180 cm³/mol. The average molecular weight is 693 g/mol. The molecule has 0 spiro atoms. The molecule has 0 bridgehead atoms. The van der Waals surface area contributed by atoms with Crippen molar-refractivity contribution >= 4 is 47.2 Å². The fourth-order valence-corrected chi connectivity index (χ4v) is 5.94. The fourth-order valence-electron chi connectivity index (χ4n) is 5.56. The van der Waals surface area contributed by atoms with Crippen LogP contribution >= 0.6 is 23.2 Å². The molecule has 1 saturated heterocycles. The normalized spacial score (nSPS) is 15.4. The Bertz CT molecular complexity index is 1780. The maximum atomic E-state index is 13.5. The lowest BCUT2D eigenvalue weighted by Crippen LogP contribution is -2.43. The molecule has 3 heterocycles. The van der Waals surface area contributed by atoms with E-state index in [0.717, 1.165) is 12.8 Å².